The fourth-order valence-electron chi connectivity index (χ4n) is 3.22. The van der Waals surface area contributed by atoms with Crippen molar-refractivity contribution in [3.05, 3.63) is 37.1 Å². The molecule has 4 heterocycles. The van der Waals surface area contributed by atoms with E-state index in [0.29, 0.717) is 0 Å². The first-order valence-electron chi connectivity index (χ1n) is 8.21. The first kappa shape index (κ1) is 14.3. The van der Waals surface area contributed by atoms with Crippen molar-refractivity contribution in [2.24, 2.45) is 0 Å². The minimum Gasteiger partial charge on any atom is -0.301 e. The molecule has 3 aromatic heterocycles. The van der Waals surface area contributed by atoms with Crippen LogP contribution in [0.2, 0.25) is 0 Å². The summed E-state index contributed by atoms with van der Waals surface area (Å²) in [5.74, 6) is 0. The topological polar surface area (TPSA) is 59.7 Å². The number of pyridine rings is 1. The highest BCUT2D eigenvalue weighted by Gasteiger charge is 2.13. The molecule has 23 heavy (non-hydrogen) atoms. The Morgan fingerprint density at radius 1 is 0.957 bits per heavy atom. The Morgan fingerprint density at radius 3 is 2.61 bits per heavy atom. The van der Waals surface area contributed by atoms with Crippen molar-refractivity contribution in [3.63, 3.8) is 0 Å². The molecule has 0 aromatic carbocycles. The number of nitrogens with zero attached hydrogens (tertiary/aromatic N) is 6. The highest BCUT2D eigenvalue weighted by atomic mass is 15.3. The SMILES string of the molecule is c1cc(-c2ncnc3c2cnn3CCN2CCCCC2)ccn1. The molecule has 6 nitrogen and oxygen atoms in total. The van der Waals surface area contributed by atoms with Crippen molar-refractivity contribution < 1.29 is 0 Å². The number of likely N-dealkylation sites (tertiary alicyclic amines) is 1. The van der Waals surface area contributed by atoms with Gasteiger partial charge in [0.25, 0.3) is 0 Å². The lowest BCUT2D eigenvalue weighted by Gasteiger charge is -2.26. The number of piperidine rings is 1. The van der Waals surface area contributed by atoms with E-state index >= 15 is 0 Å². The fraction of sp³-hybridized carbons (Fsp3) is 0.412. The van der Waals surface area contributed by atoms with Crippen LogP contribution in [0.1, 0.15) is 19.3 Å². The van der Waals surface area contributed by atoms with Gasteiger partial charge >= 0.3 is 0 Å². The molecule has 0 unspecified atom stereocenters. The number of hydrogen-bond donors (Lipinski definition) is 0. The van der Waals surface area contributed by atoms with Crippen LogP contribution >= 0.6 is 0 Å². The molecule has 1 aliphatic heterocycles. The Labute approximate surface area is 135 Å². The number of aromatic nitrogens is 5. The predicted octanol–water partition coefficient (Wildman–Crippen LogP) is 2.37. The van der Waals surface area contributed by atoms with Crippen LogP contribution in [-0.2, 0) is 6.54 Å². The number of fused-ring (bicyclic) bond motifs is 1. The van der Waals surface area contributed by atoms with Crippen LogP contribution in [-0.4, -0.2) is 49.3 Å². The molecule has 0 amide bonds. The summed E-state index contributed by atoms with van der Waals surface area (Å²) in [5.41, 5.74) is 2.87. The number of rotatable bonds is 4. The maximum absolute atomic E-state index is 4.54. The van der Waals surface area contributed by atoms with Gasteiger partial charge in [-0.1, -0.05) is 6.42 Å². The quantitative estimate of drug-likeness (QED) is 0.740. The van der Waals surface area contributed by atoms with Gasteiger partial charge < -0.3 is 4.90 Å². The summed E-state index contributed by atoms with van der Waals surface area (Å²) in [5, 5.41) is 5.54. The molecule has 0 radical (unpaired) electrons. The minimum atomic E-state index is 0.871. The second kappa shape index (κ2) is 6.42. The lowest BCUT2D eigenvalue weighted by atomic mass is 10.1. The molecule has 1 aliphatic rings. The van der Waals surface area contributed by atoms with Crippen molar-refractivity contribution in [3.8, 4) is 11.3 Å². The number of hydrogen-bond acceptors (Lipinski definition) is 5. The molecular weight excluding hydrogens is 288 g/mol. The standard InChI is InChI=1S/C17H20N6/c1-2-8-22(9-3-1)10-11-23-17-15(12-21-23)16(19-13-20-17)14-4-6-18-7-5-14/h4-7,12-13H,1-3,8-11H2. The third kappa shape index (κ3) is 2.94. The summed E-state index contributed by atoms with van der Waals surface area (Å²) in [4.78, 5) is 15.5. The maximum atomic E-state index is 4.54. The largest absolute Gasteiger partial charge is 0.301 e. The molecule has 0 bridgehead atoms. The second-order valence-corrected chi connectivity index (χ2v) is 5.97. The molecule has 1 saturated heterocycles. The van der Waals surface area contributed by atoms with Crippen LogP contribution in [0.4, 0.5) is 0 Å². The summed E-state index contributed by atoms with van der Waals surface area (Å²) in [6, 6.07) is 3.93. The molecule has 3 aromatic rings. The summed E-state index contributed by atoms with van der Waals surface area (Å²) in [7, 11) is 0. The van der Waals surface area contributed by atoms with Gasteiger partial charge in [-0.05, 0) is 38.1 Å². The van der Waals surface area contributed by atoms with Gasteiger partial charge in [-0.2, -0.15) is 5.10 Å². The molecule has 0 spiro atoms. The minimum absolute atomic E-state index is 0.871. The monoisotopic (exact) mass is 308 g/mol. The maximum Gasteiger partial charge on any atom is 0.161 e. The van der Waals surface area contributed by atoms with Crippen LogP contribution < -0.4 is 0 Å². The fourth-order valence-corrected chi connectivity index (χ4v) is 3.22. The molecule has 4 rings (SSSR count). The summed E-state index contributed by atoms with van der Waals surface area (Å²) in [6.45, 7) is 4.31. The van der Waals surface area contributed by atoms with Gasteiger partial charge in [0.1, 0.15) is 6.33 Å². The Kier molecular flexibility index (Phi) is 3.98. The van der Waals surface area contributed by atoms with E-state index in [1.807, 2.05) is 23.0 Å². The van der Waals surface area contributed by atoms with Crippen LogP contribution in [0.15, 0.2) is 37.1 Å². The Hall–Kier alpha value is -2.34. The molecule has 0 aliphatic carbocycles. The highest BCUT2D eigenvalue weighted by Crippen LogP contribution is 2.24. The van der Waals surface area contributed by atoms with Gasteiger partial charge in [0.2, 0.25) is 0 Å². The molecule has 1 fully saturated rings. The predicted molar refractivity (Wildman–Crippen MR) is 88.8 cm³/mol. The third-order valence-corrected chi connectivity index (χ3v) is 4.46. The lowest BCUT2D eigenvalue weighted by Crippen LogP contribution is -2.32. The Morgan fingerprint density at radius 2 is 1.78 bits per heavy atom. The van der Waals surface area contributed by atoms with Gasteiger partial charge in [-0.15, -0.1) is 0 Å². The summed E-state index contributed by atoms with van der Waals surface area (Å²) in [6.07, 6.45) is 11.1. The van der Waals surface area contributed by atoms with E-state index in [4.69, 9.17) is 0 Å². The van der Waals surface area contributed by atoms with Gasteiger partial charge in [0.05, 0.1) is 23.8 Å². The molecular formula is C17H20N6. The zero-order valence-electron chi connectivity index (χ0n) is 13.1. The van der Waals surface area contributed by atoms with Gasteiger partial charge in [-0.25, -0.2) is 14.6 Å². The van der Waals surface area contributed by atoms with Crippen LogP contribution in [0, 0.1) is 0 Å². The summed E-state index contributed by atoms with van der Waals surface area (Å²) < 4.78 is 2.00. The zero-order valence-corrected chi connectivity index (χ0v) is 13.1. The normalized spacial score (nSPS) is 16.0. The van der Waals surface area contributed by atoms with Crippen molar-refractivity contribution in [2.45, 2.75) is 25.8 Å². The first-order chi connectivity index (χ1) is 11.4. The van der Waals surface area contributed by atoms with Crippen LogP contribution in [0.25, 0.3) is 22.3 Å². The van der Waals surface area contributed by atoms with E-state index in [1.54, 1.807) is 18.7 Å². The zero-order chi connectivity index (χ0) is 15.5. The van der Waals surface area contributed by atoms with E-state index in [2.05, 4.69) is 25.0 Å². The van der Waals surface area contributed by atoms with Crippen LogP contribution in [0.5, 0.6) is 0 Å². The van der Waals surface area contributed by atoms with E-state index in [0.717, 1.165) is 35.4 Å². The molecule has 0 N–H and O–H groups in total. The van der Waals surface area contributed by atoms with Crippen LogP contribution in [0.3, 0.4) is 0 Å². The van der Waals surface area contributed by atoms with Crippen molar-refractivity contribution in [1.82, 2.24) is 29.6 Å². The Balaban J connectivity index is 1.60. The van der Waals surface area contributed by atoms with E-state index < -0.39 is 0 Å². The van der Waals surface area contributed by atoms with E-state index in [9.17, 15) is 0 Å². The molecule has 0 saturated carbocycles. The van der Waals surface area contributed by atoms with Crippen molar-refractivity contribution in [1.29, 1.82) is 0 Å². The van der Waals surface area contributed by atoms with Gasteiger partial charge in [0, 0.05) is 24.5 Å². The Bertz CT molecular complexity index is 776. The highest BCUT2D eigenvalue weighted by molar-refractivity contribution is 5.89. The third-order valence-electron chi connectivity index (χ3n) is 4.46. The van der Waals surface area contributed by atoms with Gasteiger partial charge in [-0.3, -0.25) is 4.98 Å². The second-order valence-electron chi connectivity index (χ2n) is 5.97. The molecule has 6 heteroatoms. The van der Waals surface area contributed by atoms with E-state index in [1.165, 1.54) is 32.4 Å². The lowest BCUT2D eigenvalue weighted by molar-refractivity contribution is 0.219. The van der Waals surface area contributed by atoms with Crippen molar-refractivity contribution in [2.75, 3.05) is 19.6 Å². The van der Waals surface area contributed by atoms with Gasteiger partial charge in [0.15, 0.2) is 5.65 Å². The summed E-state index contributed by atoms with van der Waals surface area (Å²) >= 11 is 0. The molecule has 0 atom stereocenters. The molecule has 118 valence electrons. The van der Waals surface area contributed by atoms with E-state index in [-0.39, 0.29) is 0 Å². The average Bonchev–Trinajstić information content (AvgIpc) is 3.05. The average molecular weight is 308 g/mol. The smallest absolute Gasteiger partial charge is 0.161 e. The van der Waals surface area contributed by atoms with Crippen molar-refractivity contribution >= 4 is 11.0 Å². The first-order valence-corrected chi connectivity index (χ1v) is 8.21.